The summed E-state index contributed by atoms with van der Waals surface area (Å²) in [5.41, 5.74) is 3.17. The number of rotatable bonds is 10. The lowest BCUT2D eigenvalue weighted by molar-refractivity contribution is 0.134. The molecular formula is C33H34ClFN5O3P. The molecule has 1 aliphatic rings. The van der Waals surface area contributed by atoms with Gasteiger partial charge < -0.3 is 19.0 Å². The van der Waals surface area contributed by atoms with Crippen molar-refractivity contribution in [1.82, 2.24) is 19.8 Å². The number of halogens is 2. The van der Waals surface area contributed by atoms with Crippen molar-refractivity contribution in [3.8, 4) is 17.1 Å². The van der Waals surface area contributed by atoms with Gasteiger partial charge in [0, 0.05) is 42.8 Å². The van der Waals surface area contributed by atoms with E-state index < -0.39 is 7.14 Å². The third kappa shape index (κ3) is 7.66. The van der Waals surface area contributed by atoms with Crippen molar-refractivity contribution in [3.05, 3.63) is 101 Å². The Bertz CT molecular complexity index is 1820. The van der Waals surface area contributed by atoms with E-state index in [0.29, 0.717) is 22.9 Å². The summed E-state index contributed by atoms with van der Waals surface area (Å²) in [4.78, 5) is 13.6. The number of anilines is 2. The molecule has 0 aliphatic carbocycles. The Labute approximate surface area is 261 Å². The molecule has 3 aromatic carbocycles. The maximum absolute atomic E-state index is 13.5. The van der Waals surface area contributed by atoms with Crippen LogP contribution in [0.25, 0.3) is 22.2 Å². The second-order valence-corrected chi connectivity index (χ2v) is 15.4. The zero-order valence-electron chi connectivity index (χ0n) is 24.7. The van der Waals surface area contributed by atoms with Crippen LogP contribution >= 0.6 is 18.7 Å². The van der Waals surface area contributed by atoms with Crippen LogP contribution in [-0.4, -0.2) is 65.6 Å². The minimum absolute atomic E-state index is 0.205. The van der Waals surface area contributed by atoms with Gasteiger partial charge in [-0.3, -0.25) is 9.80 Å². The summed E-state index contributed by atoms with van der Waals surface area (Å²) in [6, 6.07) is 21.7. The first-order valence-corrected chi connectivity index (χ1v) is 17.6. The molecule has 5 aromatic rings. The first-order valence-electron chi connectivity index (χ1n) is 14.4. The summed E-state index contributed by atoms with van der Waals surface area (Å²) in [6.07, 6.45) is 2.20. The van der Waals surface area contributed by atoms with Crippen LogP contribution < -0.4 is 10.1 Å². The van der Waals surface area contributed by atoms with Gasteiger partial charge in [0.15, 0.2) is 0 Å². The number of furan rings is 1. The van der Waals surface area contributed by atoms with Gasteiger partial charge in [0.25, 0.3) is 0 Å². The summed E-state index contributed by atoms with van der Waals surface area (Å²) in [7, 11) is -2.06. The molecule has 0 bridgehead atoms. The van der Waals surface area contributed by atoms with Crippen LogP contribution in [0.15, 0.2) is 83.5 Å². The van der Waals surface area contributed by atoms with E-state index in [1.165, 1.54) is 18.5 Å². The molecule has 2 aromatic heterocycles. The van der Waals surface area contributed by atoms with E-state index in [-0.39, 0.29) is 12.4 Å². The lowest BCUT2D eigenvalue weighted by atomic mass is 10.1. The van der Waals surface area contributed by atoms with Gasteiger partial charge in [0.2, 0.25) is 0 Å². The van der Waals surface area contributed by atoms with Crippen molar-refractivity contribution in [1.29, 1.82) is 0 Å². The molecule has 0 atom stereocenters. The number of nitrogens with zero attached hydrogens (tertiary/aromatic N) is 4. The van der Waals surface area contributed by atoms with Crippen LogP contribution in [0.3, 0.4) is 0 Å². The Balaban J connectivity index is 1.13. The van der Waals surface area contributed by atoms with E-state index in [2.05, 4.69) is 25.1 Å². The predicted molar refractivity (Wildman–Crippen MR) is 174 cm³/mol. The van der Waals surface area contributed by atoms with Crippen LogP contribution in [0.5, 0.6) is 5.75 Å². The summed E-state index contributed by atoms with van der Waals surface area (Å²) in [6.45, 7) is 8.30. The fourth-order valence-corrected chi connectivity index (χ4v) is 6.82. The van der Waals surface area contributed by atoms with E-state index in [9.17, 15) is 8.96 Å². The topological polar surface area (TPSA) is 83.7 Å². The van der Waals surface area contributed by atoms with E-state index in [0.717, 1.165) is 72.0 Å². The van der Waals surface area contributed by atoms with Gasteiger partial charge in [0.05, 0.1) is 30.5 Å². The number of piperazine rings is 1. The SMILES string of the molecule is CP(C)(=O)CN1CCN(Cc2ccc(-c3ccc4ncnc(Nc5ccc(OCc6cccc(F)c6)c(Cl)c5)c4c3)o2)CC1. The Morgan fingerprint density at radius 2 is 1.80 bits per heavy atom. The molecule has 228 valence electrons. The minimum Gasteiger partial charge on any atom is -0.487 e. The normalized spacial score (nSPS) is 14.6. The summed E-state index contributed by atoms with van der Waals surface area (Å²) in [5.74, 6) is 2.50. The van der Waals surface area contributed by atoms with E-state index >= 15 is 0 Å². The highest BCUT2D eigenvalue weighted by molar-refractivity contribution is 7.62. The highest BCUT2D eigenvalue weighted by atomic mass is 35.5. The number of hydrogen-bond donors (Lipinski definition) is 1. The van der Waals surface area contributed by atoms with Gasteiger partial charge in [-0.2, -0.15) is 0 Å². The molecule has 11 heteroatoms. The number of hydrogen-bond acceptors (Lipinski definition) is 8. The molecule has 8 nitrogen and oxygen atoms in total. The fraction of sp³-hybridized carbons (Fsp3) is 0.273. The number of aromatic nitrogens is 2. The summed E-state index contributed by atoms with van der Waals surface area (Å²) >= 11 is 6.52. The van der Waals surface area contributed by atoms with Gasteiger partial charge in [-0.05, 0) is 79.6 Å². The molecule has 0 saturated carbocycles. The first kappa shape index (κ1) is 30.3. The van der Waals surface area contributed by atoms with E-state index in [1.54, 1.807) is 24.3 Å². The van der Waals surface area contributed by atoms with Crippen LogP contribution in [0.4, 0.5) is 15.9 Å². The Kier molecular flexibility index (Phi) is 9.01. The Morgan fingerprint density at radius 1 is 0.977 bits per heavy atom. The van der Waals surface area contributed by atoms with Gasteiger partial charge in [-0.15, -0.1) is 0 Å². The maximum atomic E-state index is 13.5. The van der Waals surface area contributed by atoms with Crippen molar-refractivity contribution in [3.63, 3.8) is 0 Å². The van der Waals surface area contributed by atoms with Crippen molar-refractivity contribution in [2.75, 3.05) is 51.1 Å². The number of benzene rings is 3. The quantitative estimate of drug-likeness (QED) is 0.157. The standard InChI is InChI=1S/C33H34ClFN5O3P/c1-44(2,41)22-40-14-12-39(13-15-40)19-27-8-11-31(43-27)24-6-9-30-28(17-24)33(37-21-36-30)38-26-7-10-32(29(34)18-26)42-20-23-4-3-5-25(35)16-23/h3-11,16-18,21H,12-15,19-20,22H2,1-2H3,(H,36,37,38). The monoisotopic (exact) mass is 633 g/mol. The lowest BCUT2D eigenvalue weighted by Gasteiger charge is -2.34. The highest BCUT2D eigenvalue weighted by Crippen LogP contribution is 2.37. The summed E-state index contributed by atoms with van der Waals surface area (Å²) < 4.78 is 37.7. The average Bonchev–Trinajstić information content (AvgIpc) is 3.45. The molecule has 6 rings (SSSR count). The van der Waals surface area contributed by atoms with Crippen molar-refractivity contribution >= 4 is 41.2 Å². The third-order valence-corrected chi connectivity index (χ3v) is 8.82. The minimum atomic E-state index is -2.06. The third-order valence-electron chi connectivity index (χ3n) is 7.44. The number of ether oxygens (including phenoxy) is 1. The molecule has 0 spiro atoms. The largest absolute Gasteiger partial charge is 0.487 e. The van der Waals surface area contributed by atoms with Crippen molar-refractivity contribution in [2.45, 2.75) is 13.2 Å². The molecule has 0 radical (unpaired) electrons. The fourth-order valence-electron chi connectivity index (χ4n) is 5.34. The molecule has 1 saturated heterocycles. The van der Waals surface area contributed by atoms with Crippen LogP contribution in [0.2, 0.25) is 5.02 Å². The predicted octanol–water partition coefficient (Wildman–Crippen LogP) is 7.70. The van der Waals surface area contributed by atoms with E-state index in [4.69, 9.17) is 20.8 Å². The first-order chi connectivity index (χ1) is 21.2. The molecule has 1 aliphatic heterocycles. The van der Waals surface area contributed by atoms with Crippen molar-refractivity contribution < 1.29 is 18.1 Å². The smallest absolute Gasteiger partial charge is 0.141 e. The van der Waals surface area contributed by atoms with Crippen LogP contribution in [0.1, 0.15) is 11.3 Å². The molecule has 1 N–H and O–H groups in total. The molecule has 0 amide bonds. The molecule has 0 unspecified atom stereocenters. The molecular weight excluding hydrogens is 600 g/mol. The van der Waals surface area contributed by atoms with Gasteiger partial charge in [-0.1, -0.05) is 23.7 Å². The molecule has 3 heterocycles. The van der Waals surface area contributed by atoms with E-state index in [1.807, 2.05) is 49.7 Å². The highest BCUT2D eigenvalue weighted by Gasteiger charge is 2.21. The number of nitrogens with one attached hydrogen (secondary N) is 1. The van der Waals surface area contributed by atoms with Gasteiger partial charge in [-0.25, -0.2) is 14.4 Å². The van der Waals surface area contributed by atoms with Crippen LogP contribution in [0, 0.1) is 5.82 Å². The average molecular weight is 634 g/mol. The summed E-state index contributed by atoms with van der Waals surface area (Å²) in [5, 5.41) is 4.61. The maximum Gasteiger partial charge on any atom is 0.141 e. The van der Waals surface area contributed by atoms with Gasteiger partial charge >= 0.3 is 0 Å². The Hall–Kier alpha value is -3.75. The number of fused-ring (bicyclic) bond motifs is 1. The zero-order valence-corrected chi connectivity index (χ0v) is 26.3. The molecule has 44 heavy (non-hydrogen) atoms. The molecule has 1 fully saturated rings. The van der Waals surface area contributed by atoms with Crippen LogP contribution in [-0.2, 0) is 17.7 Å². The second kappa shape index (κ2) is 13.1. The lowest BCUT2D eigenvalue weighted by Crippen LogP contribution is -2.45. The van der Waals surface area contributed by atoms with Gasteiger partial charge in [0.1, 0.15) is 41.8 Å². The zero-order chi connectivity index (χ0) is 30.7. The Morgan fingerprint density at radius 3 is 2.57 bits per heavy atom. The second-order valence-electron chi connectivity index (χ2n) is 11.5. The van der Waals surface area contributed by atoms with Crippen molar-refractivity contribution in [2.24, 2.45) is 0 Å².